The smallest absolute Gasteiger partial charge is 0.227 e. The van der Waals surface area contributed by atoms with Crippen LogP contribution in [0.4, 0.5) is 0 Å². The molecule has 1 aliphatic heterocycles. The minimum Gasteiger partial charge on any atom is -0.493 e. The molecule has 128 valence electrons. The Labute approximate surface area is 141 Å². The summed E-state index contributed by atoms with van der Waals surface area (Å²) in [7, 11) is 0. The average Bonchev–Trinajstić information content (AvgIpc) is 3.03. The second-order valence-corrected chi connectivity index (χ2v) is 7.06. The van der Waals surface area contributed by atoms with Gasteiger partial charge in [-0.15, -0.1) is 0 Å². The van der Waals surface area contributed by atoms with Crippen molar-refractivity contribution in [2.45, 2.75) is 51.5 Å². The molecule has 0 fully saturated rings. The van der Waals surface area contributed by atoms with Gasteiger partial charge in [0.1, 0.15) is 5.75 Å². The van der Waals surface area contributed by atoms with Crippen LogP contribution in [0.25, 0.3) is 0 Å². The molecule has 0 aliphatic carbocycles. The van der Waals surface area contributed by atoms with Crippen molar-refractivity contribution in [3.8, 4) is 5.75 Å². The predicted molar refractivity (Wildman–Crippen MR) is 88.8 cm³/mol. The van der Waals surface area contributed by atoms with Gasteiger partial charge in [0, 0.05) is 30.2 Å². The maximum absolute atomic E-state index is 12.3. The van der Waals surface area contributed by atoms with Crippen LogP contribution in [0.3, 0.4) is 0 Å². The average molecular weight is 329 g/mol. The Kier molecular flexibility index (Phi) is 4.55. The van der Waals surface area contributed by atoms with Gasteiger partial charge < -0.3 is 14.6 Å². The first kappa shape index (κ1) is 16.5. The second kappa shape index (κ2) is 6.63. The van der Waals surface area contributed by atoms with E-state index in [0.29, 0.717) is 31.2 Å². The minimum atomic E-state index is -0.157. The number of rotatable bonds is 4. The number of para-hydroxylation sites is 1. The highest BCUT2D eigenvalue weighted by Gasteiger charge is 2.24. The van der Waals surface area contributed by atoms with E-state index in [9.17, 15) is 4.79 Å². The maximum atomic E-state index is 12.3. The zero-order valence-corrected chi connectivity index (χ0v) is 14.3. The van der Waals surface area contributed by atoms with E-state index in [1.807, 2.05) is 45.0 Å². The Bertz CT molecular complexity index is 718. The van der Waals surface area contributed by atoms with E-state index in [4.69, 9.17) is 9.26 Å². The van der Waals surface area contributed by atoms with Crippen molar-refractivity contribution in [3.63, 3.8) is 0 Å². The molecular weight excluding hydrogens is 306 g/mol. The topological polar surface area (TPSA) is 77.2 Å². The van der Waals surface area contributed by atoms with E-state index in [0.717, 1.165) is 17.7 Å². The molecule has 0 spiro atoms. The molecule has 0 saturated carbocycles. The van der Waals surface area contributed by atoms with Crippen molar-refractivity contribution >= 4 is 5.91 Å². The number of nitrogens with zero attached hydrogens (tertiary/aromatic N) is 2. The number of aromatic nitrogens is 2. The van der Waals surface area contributed by atoms with E-state index in [2.05, 4.69) is 15.5 Å². The number of carbonyl (C=O) groups excluding carboxylic acids is 1. The zero-order chi connectivity index (χ0) is 17.2. The molecular formula is C18H23N3O3. The molecule has 3 rings (SSSR count). The number of benzene rings is 1. The normalized spacial score (nSPS) is 17.0. The quantitative estimate of drug-likeness (QED) is 0.933. The lowest BCUT2D eigenvalue weighted by Crippen LogP contribution is -2.32. The van der Waals surface area contributed by atoms with Crippen molar-refractivity contribution in [2.75, 3.05) is 6.61 Å². The molecule has 1 atom stereocenters. The van der Waals surface area contributed by atoms with Gasteiger partial charge in [-0.1, -0.05) is 44.1 Å². The van der Waals surface area contributed by atoms with Crippen LogP contribution < -0.4 is 10.1 Å². The molecule has 0 unspecified atom stereocenters. The molecule has 1 aliphatic rings. The molecule has 1 aromatic carbocycles. The number of aryl methyl sites for hydroxylation is 1. The van der Waals surface area contributed by atoms with Crippen LogP contribution in [0, 0.1) is 0 Å². The summed E-state index contributed by atoms with van der Waals surface area (Å²) in [6.07, 6.45) is 1.54. The first-order valence-corrected chi connectivity index (χ1v) is 8.27. The van der Waals surface area contributed by atoms with Crippen molar-refractivity contribution < 1.29 is 14.1 Å². The van der Waals surface area contributed by atoms with E-state index < -0.39 is 0 Å². The number of amides is 1. The molecule has 2 aromatic rings. The van der Waals surface area contributed by atoms with Crippen LogP contribution in [0.15, 0.2) is 28.8 Å². The van der Waals surface area contributed by atoms with Crippen LogP contribution in [0.2, 0.25) is 0 Å². The highest BCUT2D eigenvalue weighted by molar-refractivity contribution is 5.76. The summed E-state index contributed by atoms with van der Waals surface area (Å²) in [5.74, 6) is 1.99. The predicted octanol–water partition coefficient (Wildman–Crippen LogP) is 2.94. The van der Waals surface area contributed by atoms with Crippen LogP contribution in [0.5, 0.6) is 5.75 Å². The van der Waals surface area contributed by atoms with Gasteiger partial charge in [0.15, 0.2) is 5.82 Å². The van der Waals surface area contributed by atoms with Crippen molar-refractivity contribution in [1.29, 1.82) is 0 Å². The molecule has 6 nitrogen and oxygen atoms in total. The van der Waals surface area contributed by atoms with E-state index >= 15 is 0 Å². The van der Waals surface area contributed by atoms with Gasteiger partial charge in [-0.3, -0.25) is 4.79 Å². The van der Waals surface area contributed by atoms with Crippen molar-refractivity contribution in [3.05, 3.63) is 41.5 Å². The molecule has 0 saturated heterocycles. The summed E-state index contributed by atoms with van der Waals surface area (Å²) in [5, 5.41) is 7.05. The zero-order valence-electron chi connectivity index (χ0n) is 14.3. The summed E-state index contributed by atoms with van der Waals surface area (Å²) in [6, 6.07) is 7.81. The van der Waals surface area contributed by atoms with Gasteiger partial charge in [-0.25, -0.2) is 0 Å². The Morgan fingerprint density at radius 1 is 1.33 bits per heavy atom. The highest BCUT2D eigenvalue weighted by Crippen LogP contribution is 2.31. The lowest BCUT2D eigenvalue weighted by atomic mass is 9.96. The van der Waals surface area contributed by atoms with Crippen molar-refractivity contribution in [2.24, 2.45) is 0 Å². The SMILES string of the molecule is CC(C)(C)c1noc(CCC(=O)N[C@@H]2CCOc3ccccc32)n1. The van der Waals surface area contributed by atoms with E-state index in [1.165, 1.54) is 0 Å². The Morgan fingerprint density at radius 2 is 2.12 bits per heavy atom. The van der Waals surface area contributed by atoms with Gasteiger partial charge in [0.2, 0.25) is 11.8 Å². The van der Waals surface area contributed by atoms with Gasteiger partial charge in [0.05, 0.1) is 12.6 Å². The number of fused-ring (bicyclic) bond motifs is 1. The number of carbonyl (C=O) groups is 1. The lowest BCUT2D eigenvalue weighted by Gasteiger charge is -2.26. The molecule has 1 aromatic heterocycles. The van der Waals surface area contributed by atoms with Crippen LogP contribution >= 0.6 is 0 Å². The standard InChI is InChI=1S/C18H23N3O3/c1-18(2,3)17-20-16(24-21-17)9-8-15(22)19-13-10-11-23-14-7-5-4-6-12(13)14/h4-7,13H,8-11H2,1-3H3,(H,19,22)/t13-/m1/s1. The van der Waals surface area contributed by atoms with Crippen molar-refractivity contribution in [1.82, 2.24) is 15.5 Å². The highest BCUT2D eigenvalue weighted by atomic mass is 16.5. The summed E-state index contributed by atoms with van der Waals surface area (Å²) in [4.78, 5) is 16.6. The third-order valence-electron chi connectivity index (χ3n) is 4.00. The molecule has 24 heavy (non-hydrogen) atoms. The molecule has 2 heterocycles. The molecule has 1 amide bonds. The van der Waals surface area contributed by atoms with Crippen LogP contribution in [-0.4, -0.2) is 22.7 Å². The fraction of sp³-hybridized carbons (Fsp3) is 0.500. The fourth-order valence-corrected chi connectivity index (χ4v) is 2.64. The third kappa shape index (κ3) is 3.75. The van der Waals surface area contributed by atoms with Gasteiger partial charge in [0.25, 0.3) is 0 Å². The number of hydrogen-bond acceptors (Lipinski definition) is 5. The van der Waals surface area contributed by atoms with E-state index in [-0.39, 0.29) is 17.4 Å². The van der Waals surface area contributed by atoms with Gasteiger partial charge in [-0.05, 0) is 6.07 Å². The number of nitrogens with one attached hydrogen (secondary N) is 1. The number of hydrogen-bond donors (Lipinski definition) is 1. The third-order valence-corrected chi connectivity index (χ3v) is 4.00. The summed E-state index contributed by atoms with van der Waals surface area (Å²) in [5.41, 5.74) is 0.875. The first-order valence-electron chi connectivity index (χ1n) is 8.27. The molecule has 0 radical (unpaired) electrons. The minimum absolute atomic E-state index is 0.00438. The van der Waals surface area contributed by atoms with Crippen LogP contribution in [0.1, 0.15) is 56.9 Å². The number of ether oxygens (including phenoxy) is 1. The van der Waals surface area contributed by atoms with Crippen LogP contribution in [-0.2, 0) is 16.6 Å². The van der Waals surface area contributed by atoms with E-state index in [1.54, 1.807) is 0 Å². The first-order chi connectivity index (χ1) is 11.4. The Hall–Kier alpha value is -2.37. The lowest BCUT2D eigenvalue weighted by molar-refractivity contribution is -0.122. The molecule has 0 bridgehead atoms. The summed E-state index contributed by atoms with van der Waals surface area (Å²) >= 11 is 0. The maximum Gasteiger partial charge on any atom is 0.227 e. The molecule has 6 heteroatoms. The molecule has 1 N–H and O–H groups in total. The Morgan fingerprint density at radius 3 is 2.88 bits per heavy atom. The monoisotopic (exact) mass is 329 g/mol. The van der Waals surface area contributed by atoms with Gasteiger partial charge in [-0.2, -0.15) is 4.98 Å². The fourth-order valence-electron chi connectivity index (χ4n) is 2.64. The second-order valence-electron chi connectivity index (χ2n) is 7.06. The largest absolute Gasteiger partial charge is 0.493 e. The Balaban J connectivity index is 1.56. The van der Waals surface area contributed by atoms with Gasteiger partial charge >= 0.3 is 0 Å². The summed E-state index contributed by atoms with van der Waals surface area (Å²) in [6.45, 7) is 6.69. The summed E-state index contributed by atoms with van der Waals surface area (Å²) < 4.78 is 10.8.